The number of methoxy groups -OCH3 is 1. The molecule has 0 saturated carbocycles. The molecule has 0 spiro atoms. The maximum absolute atomic E-state index is 13.6. The van der Waals surface area contributed by atoms with Crippen molar-refractivity contribution >= 4 is 23.2 Å². The molecule has 2 aromatic rings. The number of carbonyl (C=O) groups is 2. The summed E-state index contributed by atoms with van der Waals surface area (Å²) in [6.45, 7) is 10.2. The molecule has 2 saturated heterocycles. The second-order valence-corrected chi connectivity index (χ2v) is 9.73. The number of para-hydroxylation sites is 1. The first-order valence-corrected chi connectivity index (χ1v) is 13.4. The van der Waals surface area contributed by atoms with E-state index in [1.165, 1.54) is 5.69 Å². The lowest BCUT2D eigenvalue weighted by Gasteiger charge is -2.41. The van der Waals surface area contributed by atoms with Crippen LogP contribution >= 0.6 is 0 Å². The Morgan fingerprint density at radius 1 is 1.03 bits per heavy atom. The number of likely N-dealkylation sites (tertiary alicyclic amines) is 1. The lowest BCUT2D eigenvalue weighted by atomic mass is 9.83. The van der Waals surface area contributed by atoms with Crippen molar-refractivity contribution in [3.05, 3.63) is 54.1 Å². The Labute approximate surface area is 215 Å². The first-order valence-electron chi connectivity index (χ1n) is 13.4. The number of hydrogen-bond donors (Lipinski definition) is 1. The zero-order chi connectivity index (χ0) is 25.5. The highest BCUT2D eigenvalue weighted by Crippen LogP contribution is 2.41. The van der Waals surface area contributed by atoms with Gasteiger partial charge in [-0.1, -0.05) is 38.5 Å². The van der Waals surface area contributed by atoms with Gasteiger partial charge < -0.3 is 24.8 Å². The third-order valence-electron chi connectivity index (χ3n) is 7.57. The number of piperazine rings is 1. The van der Waals surface area contributed by atoms with Gasteiger partial charge >= 0.3 is 0 Å². The number of piperidine rings is 1. The molecule has 7 heteroatoms. The van der Waals surface area contributed by atoms with Gasteiger partial charge in [0, 0.05) is 56.1 Å². The predicted octanol–water partition coefficient (Wildman–Crippen LogP) is 4.56. The van der Waals surface area contributed by atoms with Crippen molar-refractivity contribution in [2.45, 2.75) is 45.6 Å². The van der Waals surface area contributed by atoms with E-state index in [4.69, 9.17) is 4.74 Å². The van der Waals surface area contributed by atoms with Crippen LogP contribution in [0.3, 0.4) is 0 Å². The summed E-state index contributed by atoms with van der Waals surface area (Å²) < 4.78 is 5.64. The molecule has 2 aliphatic heterocycles. The van der Waals surface area contributed by atoms with Crippen molar-refractivity contribution in [1.82, 2.24) is 9.80 Å². The van der Waals surface area contributed by atoms with Gasteiger partial charge in [-0.2, -0.15) is 0 Å². The molecule has 1 N–H and O–H groups in total. The first-order chi connectivity index (χ1) is 17.5. The number of unbranched alkanes of at least 4 members (excludes halogenated alkanes) is 1. The Morgan fingerprint density at radius 2 is 1.75 bits per heavy atom. The van der Waals surface area contributed by atoms with Gasteiger partial charge in [-0.3, -0.25) is 9.59 Å². The minimum atomic E-state index is -0.349. The number of likely N-dealkylation sites (N-methyl/N-ethyl adjacent to an activating group) is 1. The molecule has 7 nitrogen and oxygen atoms in total. The third kappa shape index (κ3) is 5.84. The molecule has 194 valence electrons. The number of carbonyl (C=O) groups excluding carboxylic acids is 2. The van der Waals surface area contributed by atoms with Gasteiger partial charge in [0.2, 0.25) is 11.8 Å². The van der Waals surface area contributed by atoms with Crippen LogP contribution in [0.1, 0.15) is 51.1 Å². The topological polar surface area (TPSA) is 65.1 Å². The molecule has 2 aromatic carbocycles. The van der Waals surface area contributed by atoms with E-state index in [1.807, 2.05) is 41.3 Å². The highest BCUT2D eigenvalue weighted by molar-refractivity contribution is 5.95. The molecule has 2 fully saturated rings. The lowest BCUT2D eigenvalue weighted by molar-refractivity contribution is -0.142. The zero-order valence-corrected chi connectivity index (χ0v) is 21.9. The van der Waals surface area contributed by atoms with E-state index in [-0.39, 0.29) is 23.8 Å². The first kappa shape index (κ1) is 26.0. The fraction of sp³-hybridized carbons (Fsp3) is 0.517. The van der Waals surface area contributed by atoms with Crippen LogP contribution in [0.4, 0.5) is 11.4 Å². The standard InChI is InChI=1S/C29H40N4O3/c1-4-6-17-33-27(34)16-15-25(28(33)24-9-7-8-10-26(24)36-3)29(35)30-22-11-13-23(14-12-22)32-20-18-31(5-2)19-21-32/h7-14,25,28H,4-6,15-21H2,1-3H3,(H,30,35). The summed E-state index contributed by atoms with van der Waals surface area (Å²) in [5.41, 5.74) is 2.86. The third-order valence-corrected chi connectivity index (χ3v) is 7.57. The normalized spacial score (nSPS) is 20.9. The molecule has 0 aliphatic carbocycles. The summed E-state index contributed by atoms with van der Waals surface area (Å²) in [5.74, 6) is 0.418. The molecule has 2 heterocycles. The van der Waals surface area contributed by atoms with Gasteiger partial charge in [0.1, 0.15) is 5.75 Å². The number of benzene rings is 2. The quantitative estimate of drug-likeness (QED) is 0.556. The number of hydrogen-bond acceptors (Lipinski definition) is 5. The van der Waals surface area contributed by atoms with E-state index in [1.54, 1.807) is 7.11 Å². The molecule has 0 radical (unpaired) electrons. The summed E-state index contributed by atoms with van der Waals surface area (Å²) in [7, 11) is 1.64. The van der Waals surface area contributed by atoms with Crippen molar-refractivity contribution < 1.29 is 14.3 Å². The van der Waals surface area contributed by atoms with E-state index >= 15 is 0 Å². The van der Waals surface area contributed by atoms with E-state index in [0.29, 0.717) is 25.1 Å². The average Bonchev–Trinajstić information content (AvgIpc) is 2.92. The lowest BCUT2D eigenvalue weighted by Crippen LogP contribution is -2.47. The minimum absolute atomic E-state index is 0.0517. The van der Waals surface area contributed by atoms with Gasteiger partial charge in [-0.25, -0.2) is 0 Å². The van der Waals surface area contributed by atoms with Gasteiger partial charge in [-0.05, 0) is 49.7 Å². The number of nitrogens with one attached hydrogen (secondary N) is 1. The zero-order valence-electron chi connectivity index (χ0n) is 21.9. The van der Waals surface area contributed by atoms with Crippen LogP contribution in [0.25, 0.3) is 0 Å². The maximum atomic E-state index is 13.6. The largest absolute Gasteiger partial charge is 0.496 e. The molecule has 36 heavy (non-hydrogen) atoms. The molecular formula is C29H40N4O3. The fourth-order valence-electron chi connectivity index (χ4n) is 5.43. The van der Waals surface area contributed by atoms with Crippen LogP contribution in [-0.4, -0.2) is 68.0 Å². The van der Waals surface area contributed by atoms with Crippen molar-refractivity contribution in [2.75, 3.05) is 56.6 Å². The fourth-order valence-corrected chi connectivity index (χ4v) is 5.43. The number of nitrogens with zero attached hydrogens (tertiary/aromatic N) is 3. The van der Waals surface area contributed by atoms with E-state index in [9.17, 15) is 9.59 Å². The Balaban J connectivity index is 1.52. The highest BCUT2D eigenvalue weighted by Gasteiger charge is 2.41. The smallest absolute Gasteiger partial charge is 0.229 e. The molecular weight excluding hydrogens is 452 g/mol. The Morgan fingerprint density at radius 3 is 2.42 bits per heavy atom. The second-order valence-electron chi connectivity index (χ2n) is 9.73. The molecule has 2 aliphatic rings. The van der Waals surface area contributed by atoms with Gasteiger partial charge in [0.05, 0.1) is 19.1 Å². The van der Waals surface area contributed by atoms with Crippen molar-refractivity contribution in [3.8, 4) is 5.75 Å². The van der Waals surface area contributed by atoms with E-state index in [0.717, 1.165) is 56.8 Å². The van der Waals surface area contributed by atoms with Gasteiger partial charge in [0.25, 0.3) is 0 Å². The Bertz CT molecular complexity index is 1020. The van der Waals surface area contributed by atoms with Crippen LogP contribution in [0.15, 0.2) is 48.5 Å². The minimum Gasteiger partial charge on any atom is -0.496 e. The molecule has 2 unspecified atom stereocenters. The van der Waals surface area contributed by atoms with E-state index in [2.05, 4.69) is 41.1 Å². The van der Waals surface area contributed by atoms with E-state index < -0.39 is 0 Å². The second kappa shape index (κ2) is 12.3. The Hall–Kier alpha value is -3.06. The SMILES string of the molecule is CCCCN1C(=O)CCC(C(=O)Nc2ccc(N3CCN(CC)CC3)cc2)C1c1ccccc1OC. The molecule has 4 rings (SSSR count). The highest BCUT2D eigenvalue weighted by atomic mass is 16.5. The summed E-state index contributed by atoms with van der Waals surface area (Å²) >= 11 is 0. The molecule has 0 aromatic heterocycles. The monoisotopic (exact) mass is 492 g/mol. The Kier molecular flexibility index (Phi) is 8.86. The summed E-state index contributed by atoms with van der Waals surface area (Å²) in [5, 5.41) is 3.14. The molecule has 2 amide bonds. The van der Waals surface area contributed by atoms with Crippen molar-refractivity contribution in [1.29, 1.82) is 0 Å². The average molecular weight is 493 g/mol. The van der Waals surface area contributed by atoms with Gasteiger partial charge in [0.15, 0.2) is 0 Å². The summed E-state index contributed by atoms with van der Waals surface area (Å²) in [6.07, 6.45) is 2.80. The predicted molar refractivity (Wildman–Crippen MR) is 144 cm³/mol. The van der Waals surface area contributed by atoms with Crippen molar-refractivity contribution in [2.24, 2.45) is 5.92 Å². The summed E-state index contributed by atoms with van der Waals surface area (Å²) in [4.78, 5) is 33.4. The van der Waals surface area contributed by atoms with Crippen LogP contribution in [0.5, 0.6) is 5.75 Å². The summed E-state index contributed by atoms with van der Waals surface area (Å²) in [6, 6.07) is 15.6. The van der Waals surface area contributed by atoms with Crippen LogP contribution in [-0.2, 0) is 9.59 Å². The molecule has 2 atom stereocenters. The van der Waals surface area contributed by atoms with Crippen molar-refractivity contribution in [3.63, 3.8) is 0 Å². The number of ether oxygens (including phenoxy) is 1. The van der Waals surface area contributed by atoms with Crippen LogP contribution in [0, 0.1) is 5.92 Å². The van der Waals surface area contributed by atoms with Crippen LogP contribution < -0.4 is 15.0 Å². The van der Waals surface area contributed by atoms with Gasteiger partial charge in [-0.15, -0.1) is 0 Å². The molecule has 0 bridgehead atoms. The van der Waals surface area contributed by atoms with Crippen LogP contribution in [0.2, 0.25) is 0 Å². The maximum Gasteiger partial charge on any atom is 0.229 e. The number of amides is 2. The number of rotatable bonds is 9. The number of anilines is 2.